The number of rotatable bonds is 7. The van der Waals surface area contributed by atoms with Crippen molar-refractivity contribution in [2.75, 3.05) is 0 Å². The summed E-state index contributed by atoms with van der Waals surface area (Å²) in [5.41, 5.74) is 14.3. The first-order chi connectivity index (χ1) is 31.7. The second-order valence-corrected chi connectivity index (χ2v) is 20.8. The second kappa shape index (κ2) is 15.2. The molecule has 9 aromatic carbocycles. The highest BCUT2D eigenvalue weighted by Gasteiger charge is 2.51. The Labute approximate surface area is 375 Å². The van der Waals surface area contributed by atoms with Gasteiger partial charge in [0.05, 0.1) is 16.8 Å². The Morgan fingerprint density at radius 2 is 0.812 bits per heavy atom. The summed E-state index contributed by atoms with van der Waals surface area (Å²) < 4.78 is 6.97. The van der Waals surface area contributed by atoms with Crippen LogP contribution >= 0.6 is 0 Å². The minimum Gasteiger partial charge on any atom is -0.457 e. The van der Waals surface area contributed by atoms with E-state index in [2.05, 4.69) is 250 Å². The van der Waals surface area contributed by atoms with Crippen molar-refractivity contribution in [3.63, 3.8) is 0 Å². The summed E-state index contributed by atoms with van der Waals surface area (Å²) in [7, 11) is -2.69. The summed E-state index contributed by atoms with van der Waals surface area (Å²) in [6.45, 7) is 2.21. The first-order valence-electron chi connectivity index (χ1n) is 22.1. The Balaban J connectivity index is 1.04. The van der Waals surface area contributed by atoms with Crippen molar-refractivity contribution in [2.45, 2.75) is 12.3 Å². The van der Waals surface area contributed by atoms with E-state index >= 15 is 0 Å². The van der Waals surface area contributed by atoms with Crippen molar-refractivity contribution >= 4 is 28.8 Å². The van der Waals surface area contributed by atoms with Crippen LogP contribution in [0.2, 0.25) is 0 Å². The molecule has 10 aromatic rings. The van der Waals surface area contributed by atoms with Crippen LogP contribution in [0.15, 0.2) is 243 Å². The molecule has 0 fully saturated rings. The summed E-state index contributed by atoms with van der Waals surface area (Å²) in [4.78, 5) is 5.47. The van der Waals surface area contributed by atoms with E-state index in [1.165, 1.54) is 48.6 Å². The van der Waals surface area contributed by atoms with Gasteiger partial charge < -0.3 is 4.74 Å². The Bertz CT molecular complexity index is 3200. The molecule has 1 aliphatic heterocycles. The molecule has 302 valence electrons. The first kappa shape index (κ1) is 37.9. The number of aromatic nitrogens is 1. The third-order valence-corrected chi connectivity index (χ3v) is 18.5. The maximum atomic E-state index is 6.97. The van der Waals surface area contributed by atoms with Crippen LogP contribution in [0, 0.1) is 6.92 Å². The molecule has 0 unspecified atom stereocenters. The lowest BCUT2D eigenvalue weighted by Gasteiger charge is -2.39. The maximum absolute atomic E-state index is 6.97. The average Bonchev–Trinajstić information content (AvgIpc) is 3.66. The summed E-state index contributed by atoms with van der Waals surface area (Å²) >= 11 is 0. The molecule has 1 aromatic heterocycles. The summed E-state index contributed by atoms with van der Waals surface area (Å²) in [5.74, 6) is 1.76. The minimum absolute atomic E-state index is 0.511. The topological polar surface area (TPSA) is 22.1 Å². The van der Waals surface area contributed by atoms with Gasteiger partial charge in [0.2, 0.25) is 0 Å². The minimum atomic E-state index is -2.69. The van der Waals surface area contributed by atoms with Crippen molar-refractivity contribution < 1.29 is 4.74 Å². The molecule has 12 rings (SSSR count). The van der Waals surface area contributed by atoms with Gasteiger partial charge in [-0.05, 0) is 84.8 Å². The van der Waals surface area contributed by atoms with Crippen LogP contribution in [0.5, 0.6) is 11.5 Å². The monoisotopic (exact) mass is 833 g/mol. The number of para-hydroxylation sites is 1. The number of fused-ring (bicyclic) bond motifs is 9. The van der Waals surface area contributed by atoms with E-state index < -0.39 is 13.5 Å². The van der Waals surface area contributed by atoms with Crippen LogP contribution in [0.25, 0.3) is 44.8 Å². The number of pyridine rings is 1. The zero-order valence-corrected chi connectivity index (χ0v) is 36.4. The van der Waals surface area contributed by atoms with E-state index in [0.29, 0.717) is 0 Å². The Morgan fingerprint density at radius 1 is 0.359 bits per heavy atom. The molecule has 1 aliphatic carbocycles. The number of hydrogen-bond acceptors (Lipinski definition) is 2. The fourth-order valence-corrected chi connectivity index (χ4v) is 15.7. The molecular formula is C61H43NOSi. The molecule has 2 heterocycles. The Hall–Kier alpha value is -7.85. The lowest BCUT2D eigenvalue weighted by molar-refractivity contribution is 0.436. The van der Waals surface area contributed by atoms with E-state index in [9.17, 15) is 0 Å². The van der Waals surface area contributed by atoms with Gasteiger partial charge in [-0.3, -0.25) is 0 Å². The molecule has 2 nitrogen and oxygen atoms in total. The highest BCUT2D eigenvalue weighted by molar-refractivity contribution is 7.19. The second-order valence-electron chi connectivity index (χ2n) is 17.0. The molecule has 0 atom stereocenters. The van der Waals surface area contributed by atoms with E-state index in [0.717, 1.165) is 56.3 Å². The zero-order valence-electron chi connectivity index (χ0n) is 35.4. The van der Waals surface area contributed by atoms with Gasteiger partial charge in [-0.15, -0.1) is 0 Å². The van der Waals surface area contributed by atoms with Crippen LogP contribution in [-0.4, -0.2) is 13.1 Å². The predicted molar refractivity (Wildman–Crippen MR) is 266 cm³/mol. The first-order valence-corrected chi connectivity index (χ1v) is 24.1. The molecule has 3 heteroatoms. The van der Waals surface area contributed by atoms with Gasteiger partial charge in [0, 0.05) is 22.3 Å². The van der Waals surface area contributed by atoms with Crippen LogP contribution in [0.4, 0.5) is 0 Å². The quantitative estimate of drug-likeness (QED) is 0.118. The smallest absolute Gasteiger partial charge is 0.179 e. The van der Waals surface area contributed by atoms with Crippen LogP contribution in [-0.2, 0) is 5.41 Å². The van der Waals surface area contributed by atoms with Gasteiger partial charge >= 0.3 is 0 Å². The SMILES string of the molecule is Cc1c(-c2ccc3c(c2)Oc2ccccc2C32c3ccccc3-c3ccccc32)cc(-c2ccc([Si](c3ccccc3)(c3ccccc3)c3ccccc3)cc2)nc1-c1ccccc1. The molecule has 0 radical (unpaired) electrons. The zero-order chi connectivity index (χ0) is 42.7. The predicted octanol–water partition coefficient (Wildman–Crippen LogP) is 12.2. The van der Waals surface area contributed by atoms with E-state index in [4.69, 9.17) is 9.72 Å². The Kier molecular flexibility index (Phi) is 8.99. The lowest BCUT2D eigenvalue weighted by atomic mass is 9.66. The molecule has 2 aliphatic rings. The van der Waals surface area contributed by atoms with Crippen LogP contribution in [0.3, 0.4) is 0 Å². The molecule has 64 heavy (non-hydrogen) atoms. The average molecular weight is 834 g/mol. The normalized spacial score (nSPS) is 13.0. The van der Waals surface area contributed by atoms with Crippen molar-refractivity contribution in [3.8, 4) is 56.3 Å². The Morgan fingerprint density at radius 3 is 1.39 bits per heavy atom. The van der Waals surface area contributed by atoms with Crippen LogP contribution < -0.4 is 25.5 Å². The molecule has 0 saturated carbocycles. The standard InChI is InChI=1S/C61H43NOSi/c1-42-52(45-36-39-56-59(40-45)63-58-33-19-18-32-55(58)61(56)53-30-16-14-28-50(53)51-29-15-17-31-54(51)61)41-57(62-60(42)44-20-6-2-7-21-44)43-34-37-49(38-35-43)64(46-22-8-3-9-23-46,47-24-10-4-11-25-47)48-26-12-5-13-27-48/h2-41H,1H3. The third-order valence-electron chi connectivity index (χ3n) is 13.7. The van der Waals surface area contributed by atoms with Crippen molar-refractivity contribution in [2.24, 2.45) is 0 Å². The van der Waals surface area contributed by atoms with E-state index in [1.54, 1.807) is 0 Å². The summed E-state index contributed by atoms with van der Waals surface area (Å²) in [5, 5.41) is 5.38. The van der Waals surface area contributed by atoms with Gasteiger partial charge in [0.1, 0.15) is 11.5 Å². The van der Waals surface area contributed by atoms with Crippen molar-refractivity contribution in [1.29, 1.82) is 0 Å². The van der Waals surface area contributed by atoms with Gasteiger partial charge in [0.15, 0.2) is 8.07 Å². The molecule has 0 N–H and O–H groups in total. The fourth-order valence-electron chi connectivity index (χ4n) is 10.9. The number of ether oxygens (including phenoxy) is 1. The molecule has 0 saturated heterocycles. The molecule has 0 bridgehead atoms. The van der Waals surface area contributed by atoms with Gasteiger partial charge in [-0.25, -0.2) is 4.98 Å². The van der Waals surface area contributed by atoms with Gasteiger partial charge in [-0.1, -0.05) is 224 Å². The maximum Gasteiger partial charge on any atom is 0.179 e. The molecule has 0 amide bonds. The number of benzene rings is 9. The number of nitrogens with zero attached hydrogens (tertiary/aromatic N) is 1. The largest absolute Gasteiger partial charge is 0.457 e. The molecular weight excluding hydrogens is 791 g/mol. The van der Waals surface area contributed by atoms with E-state index in [1.807, 2.05) is 0 Å². The highest BCUT2D eigenvalue weighted by Crippen LogP contribution is 2.62. The van der Waals surface area contributed by atoms with E-state index in [-0.39, 0.29) is 0 Å². The number of hydrogen-bond donors (Lipinski definition) is 0. The van der Waals surface area contributed by atoms with Crippen molar-refractivity contribution in [1.82, 2.24) is 4.98 Å². The molecule has 1 spiro atoms. The highest BCUT2D eigenvalue weighted by atomic mass is 28.3. The summed E-state index contributed by atoms with van der Waals surface area (Å²) in [6, 6.07) is 88.7. The van der Waals surface area contributed by atoms with Crippen molar-refractivity contribution in [3.05, 3.63) is 270 Å². The van der Waals surface area contributed by atoms with Crippen LogP contribution in [0.1, 0.15) is 27.8 Å². The summed E-state index contributed by atoms with van der Waals surface area (Å²) in [6.07, 6.45) is 0. The fraction of sp³-hybridized carbons (Fsp3) is 0.0328. The third kappa shape index (κ3) is 5.68. The lowest BCUT2D eigenvalue weighted by Crippen LogP contribution is -2.74. The van der Waals surface area contributed by atoms with Gasteiger partial charge in [-0.2, -0.15) is 0 Å². The van der Waals surface area contributed by atoms with Gasteiger partial charge in [0.25, 0.3) is 0 Å².